The maximum absolute atomic E-state index is 12.2. The van der Waals surface area contributed by atoms with Crippen LogP contribution in [0.4, 0.5) is 0 Å². The molecule has 0 saturated heterocycles. The summed E-state index contributed by atoms with van der Waals surface area (Å²) >= 11 is 9.26. The second-order valence-electron chi connectivity index (χ2n) is 5.92. The summed E-state index contributed by atoms with van der Waals surface area (Å²) in [5, 5.41) is 3.51. The number of methoxy groups -OCH3 is 1. The Morgan fingerprint density at radius 3 is 2.69 bits per heavy atom. The Kier molecular flexibility index (Phi) is 7.75. The van der Waals surface area contributed by atoms with Crippen molar-refractivity contribution >= 4 is 33.4 Å². The third-order valence-electron chi connectivity index (χ3n) is 3.85. The van der Waals surface area contributed by atoms with E-state index >= 15 is 0 Å². The molecular weight excluding hydrogens is 420 g/mol. The lowest BCUT2D eigenvalue weighted by Gasteiger charge is -2.25. The molecular formula is C19H22BrClN2O3. The molecule has 0 aliphatic carbocycles. The molecule has 26 heavy (non-hydrogen) atoms. The van der Waals surface area contributed by atoms with Crippen LogP contribution in [0.2, 0.25) is 5.02 Å². The van der Waals surface area contributed by atoms with Crippen molar-refractivity contribution in [1.29, 1.82) is 0 Å². The van der Waals surface area contributed by atoms with Crippen molar-refractivity contribution in [1.82, 2.24) is 10.2 Å². The van der Waals surface area contributed by atoms with E-state index in [1.54, 1.807) is 25.3 Å². The number of hydrogen-bond acceptors (Lipinski definition) is 4. The van der Waals surface area contributed by atoms with E-state index < -0.39 is 0 Å². The Morgan fingerprint density at radius 2 is 2.04 bits per heavy atom. The van der Waals surface area contributed by atoms with Gasteiger partial charge in [0.15, 0.2) is 6.61 Å². The molecule has 0 saturated carbocycles. The lowest BCUT2D eigenvalue weighted by molar-refractivity contribution is -0.123. The van der Waals surface area contributed by atoms with Gasteiger partial charge in [0.2, 0.25) is 0 Å². The van der Waals surface area contributed by atoms with Gasteiger partial charge < -0.3 is 19.7 Å². The van der Waals surface area contributed by atoms with E-state index in [4.69, 9.17) is 21.1 Å². The first-order valence-corrected chi connectivity index (χ1v) is 9.22. The largest absolute Gasteiger partial charge is 0.497 e. The van der Waals surface area contributed by atoms with Gasteiger partial charge in [-0.25, -0.2) is 0 Å². The Morgan fingerprint density at radius 1 is 1.27 bits per heavy atom. The van der Waals surface area contributed by atoms with Crippen LogP contribution in [-0.2, 0) is 4.79 Å². The normalized spacial score (nSPS) is 11.9. The van der Waals surface area contributed by atoms with Crippen molar-refractivity contribution in [3.8, 4) is 11.5 Å². The molecule has 0 fully saturated rings. The minimum absolute atomic E-state index is 0.0244. The zero-order valence-electron chi connectivity index (χ0n) is 15.0. The van der Waals surface area contributed by atoms with Crippen LogP contribution < -0.4 is 14.8 Å². The van der Waals surface area contributed by atoms with Crippen molar-refractivity contribution in [2.45, 2.75) is 6.04 Å². The molecule has 0 bridgehead atoms. The van der Waals surface area contributed by atoms with Crippen LogP contribution in [0.3, 0.4) is 0 Å². The molecule has 0 spiro atoms. The zero-order chi connectivity index (χ0) is 19.1. The Labute approximate surface area is 167 Å². The molecule has 0 aliphatic rings. The molecule has 2 aromatic rings. The van der Waals surface area contributed by atoms with Crippen LogP contribution in [0.15, 0.2) is 46.9 Å². The second-order valence-corrected chi connectivity index (χ2v) is 7.21. The Bertz CT molecular complexity index is 755. The van der Waals surface area contributed by atoms with Gasteiger partial charge in [-0.15, -0.1) is 0 Å². The predicted octanol–water partition coefficient (Wildman–Crippen LogP) is 3.91. The van der Waals surface area contributed by atoms with Crippen LogP contribution in [-0.4, -0.2) is 45.2 Å². The van der Waals surface area contributed by atoms with Gasteiger partial charge in [-0.05, 0) is 65.9 Å². The summed E-state index contributed by atoms with van der Waals surface area (Å²) in [7, 11) is 5.58. The molecule has 0 aliphatic heterocycles. The number of amides is 1. The zero-order valence-corrected chi connectivity index (χ0v) is 17.3. The van der Waals surface area contributed by atoms with Crippen LogP contribution in [0.25, 0.3) is 0 Å². The Hall–Kier alpha value is -1.76. The van der Waals surface area contributed by atoms with E-state index in [-0.39, 0.29) is 18.6 Å². The predicted molar refractivity (Wildman–Crippen MR) is 107 cm³/mol. The fraction of sp³-hybridized carbons (Fsp3) is 0.316. The van der Waals surface area contributed by atoms with E-state index in [9.17, 15) is 4.79 Å². The van der Waals surface area contributed by atoms with Crippen molar-refractivity contribution in [2.24, 2.45) is 0 Å². The van der Waals surface area contributed by atoms with E-state index in [1.165, 1.54) is 0 Å². The minimum atomic E-state index is -0.193. The van der Waals surface area contributed by atoms with Crippen LogP contribution in [0.1, 0.15) is 11.6 Å². The first-order valence-electron chi connectivity index (χ1n) is 8.05. The van der Waals surface area contributed by atoms with E-state index in [1.807, 2.05) is 43.3 Å². The smallest absolute Gasteiger partial charge is 0.258 e. The average Bonchev–Trinajstić information content (AvgIpc) is 2.61. The molecule has 0 heterocycles. The topological polar surface area (TPSA) is 50.8 Å². The lowest BCUT2D eigenvalue weighted by Crippen LogP contribution is -2.36. The molecule has 1 amide bonds. The number of ether oxygens (including phenoxy) is 2. The third kappa shape index (κ3) is 5.90. The fourth-order valence-corrected chi connectivity index (χ4v) is 3.24. The molecule has 2 aromatic carbocycles. The molecule has 1 atom stereocenters. The monoisotopic (exact) mass is 440 g/mol. The van der Waals surface area contributed by atoms with Crippen molar-refractivity contribution in [3.63, 3.8) is 0 Å². The summed E-state index contributed by atoms with van der Waals surface area (Å²) in [6, 6.07) is 13.0. The van der Waals surface area contributed by atoms with Gasteiger partial charge in [0.05, 0.1) is 17.6 Å². The van der Waals surface area contributed by atoms with Gasteiger partial charge in [-0.3, -0.25) is 4.79 Å². The fourth-order valence-electron chi connectivity index (χ4n) is 2.44. The highest BCUT2D eigenvalue weighted by atomic mass is 79.9. The summed E-state index contributed by atoms with van der Waals surface area (Å²) in [5.41, 5.74) is 1.07. The van der Waals surface area contributed by atoms with Gasteiger partial charge in [0.25, 0.3) is 5.91 Å². The standard InChI is InChI=1S/C19H22BrClN2O3/c1-23(2)17(13-5-4-6-15(9-13)25-3)11-22-19(24)12-26-18-8-7-14(21)10-16(18)20/h4-10,17H,11-12H2,1-3H3,(H,22,24). The summed E-state index contributed by atoms with van der Waals surface area (Å²) in [6.07, 6.45) is 0. The second kappa shape index (κ2) is 9.80. The molecule has 2 rings (SSSR count). The van der Waals surface area contributed by atoms with Gasteiger partial charge in [0, 0.05) is 11.6 Å². The summed E-state index contributed by atoms with van der Waals surface area (Å²) in [5.74, 6) is 1.17. The Balaban J connectivity index is 1.92. The average molecular weight is 442 g/mol. The van der Waals surface area contributed by atoms with Gasteiger partial charge >= 0.3 is 0 Å². The maximum atomic E-state index is 12.2. The number of rotatable bonds is 8. The molecule has 1 unspecified atom stereocenters. The molecule has 5 nitrogen and oxygen atoms in total. The summed E-state index contributed by atoms with van der Waals surface area (Å²) in [4.78, 5) is 14.2. The first-order chi connectivity index (χ1) is 12.4. The number of carbonyl (C=O) groups is 1. The van der Waals surface area contributed by atoms with E-state index in [0.717, 1.165) is 11.3 Å². The van der Waals surface area contributed by atoms with Gasteiger partial charge in [-0.2, -0.15) is 0 Å². The third-order valence-corrected chi connectivity index (χ3v) is 4.70. The molecule has 140 valence electrons. The van der Waals surface area contributed by atoms with Crippen LogP contribution in [0.5, 0.6) is 11.5 Å². The number of nitrogens with one attached hydrogen (secondary N) is 1. The molecule has 0 aromatic heterocycles. The van der Waals surface area contributed by atoms with Crippen molar-refractivity contribution in [3.05, 3.63) is 57.5 Å². The lowest BCUT2D eigenvalue weighted by atomic mass is 10.1. The summed E-state index contributed by atoms with van der Waals surface area (Å²) < 4.78 is 11.5. The quantitative estimate of drug-likeness (QED) is 0.675. The van der Waals surface area contributed by atoms with Gasteiger partial charge in [0.1, 0.15) is 11.5 Å². The maximum Gasteiger partial charge on any atom is 0.258 e. The minimum Gasteiger partial charge on any atom is -0.497 e. The number of benzene rings is 2. The number of carbonyl (C=O) groups excluding carboxylic acids is 1. The highest BCUT2D eigenvalue weighted by Gasteiger charge is 2.16. The number of halogens is 2. The van der Waals surface area contributed by atoms with Gasteiger partial charge in [-0.1, -0.05) is 23.7 Å². The van der Waals surface area contributed by atoms with E-state index in [0.29, 0.717) is 21.8 Å². The summed E-state index contributed by atoms with van der Waals surface area (Å²) in [6.45, 7) is 0.392. The van der Waals surface area contributed by atoms with Crippen LogP contribution in [0, 0.1) is 0 Å². The van der Waals surface area contributed by atoms with E-state index in [2.05, 4.69) is 21.2 Å². The molecule has 7 heteroatoms. The highest BCUT2D eigenvalue weighted by Crippen LogP contribution is 2.28. The van der Waals surface area contributed by atoms with Crippen molar-refractivity contribution < 1.29 is 14.3 Å². The molecule has 0 radical (unpaired) electrons. The first kappa shape index (κ1) is 20.6. The highest BCUT2D eigenvalue weighted by molar-refractivity contribution is 9.10. The number of hydrogen-bond donors (Lipinski definition) is 1. The molecule has 1 N–H and O–H groups in total. The van der Waals surface area contributed by atoms with Crippen LogP contribution >= 0.6 is 27.5 Å². The SMILES string of the molecule is COc1cccc(C(CNC(=O)COc2ccc(Cl)cc2Br)N(C)C)c1. The number of likely N-dealkylation sites (N-methyl/N-ethyl adjacent to an activating group) is 1. The number of nitrogens with zero attached hydrogens (tertiary/aromatic N) is 1. The van der Waals surface area contributed by atoms with Crippen molar-refractivity contribution in [2.75, 3.05) is 34.4 Å².